The lowest BCUT2D eigenvalue weighted by molar-refractivity contribution is 0.0634. The fourth-order valence-electron chi connectivity index (χ4n) is 3.87. The molecule has 1 aromatic carbocycles. The fraction of sp³-hybridized carbons (Fsp3) is 0.562. The molecule has 0 saturated carbocycles. The van der Waals surface area contributed by atoms with E-state index >= 15 is 0 Å². The molecule has 20 heavy (non-hydrogen) atoms. The standard InChI is InChI=1S/C16H19Cl2NO/c1-2-16(8-7-11-4-6-14(16)19-11)15(20)10-3-5-12(17)13(18)9-10/h3,5,9,11,14,19H,2,4,6-8H2,1H3/t11-,14?,16+/m0/s1. The van der Waals surface area contributed by atoms with Gasteiger partial charge in [-0.1, -0.05) is 30.1 Å². The van der Waals surface area contributed by atoms with Crippen LogP contribution < -0.4 is 5.32 Å². The molecule has 0 spiro atoms. The van der Waals surface area contributed by atoms with Gasteiger partial charge in [-0.05, 0) is 50.3 Å². The van der Waals surface area contributed by atoms with E-state index in [4.69, 9.17) is 23.2 Å². The number of ketones is 1. The van der Waals surface area contributed by atoms with Gasteiger partial charge < -0.3 is 5.32 Å². The Balaban J connectivity index is 1.96. The first-order valence-corrected chi connectivity index (χ1v) is 8.08. The number of rotatable bonds is 3. The average molecular weight is 312 g/mol. The maximum Gasteiger partial charge on any atom is 0.170 e. The van der Waals surface area contributed by atoms with Gasteiger partial charge >= 0.3 is 0 Å². The Morgan fingerprint density at radius 1 is 1.30 bits per heavy atom. The van der Waals surface area contributed by atoms with E-state index < -0.39 is 0 Å². The van der Waals surface area contributed by atoms with Gasteiger partial charge in [0.2, 0.25) is 0 Å². The van der Waals surface area contributed by atoms with Crippen LogP contribution in [0.5, 0.6) is 0 Å². The summed E-state index contributed by atoms with van der Waals surface area (Å²) in [5.74, 6) is 0.219. The highest BCUT2D eigenvalue weighted by Gasteiger charge is 2.50. The van der Waals surface area contributed by atoms with Gasteiger partial charge in [0.15, 0.2) is 5.78 Å². The van der Waals surface area contributed by atoms with Gasteiger partial charge in [-0.2, -0.15) is 0 Å². The normalized spacial score (nSPS) is 32.4. The van der Waals surface area contributed by atoms with E-state index in [1.807, 2.05) is 0 Å². The molecular formula is C16H19Cl2NO. The molecule has 2 aliphatic heterocycles. The van der Waals surface area contributed by atoms with E-state index in [0.717, 1.165) is 25.7 Å². The monoisotopic (exact) mass is 311 g/mol. The minimum Gasteiger partial charge on any atom is -0.310 e. The Kier molecular flexibility index (Phi) is 3.83. The third kappa shape index (κ3) is 2.18. The first-order chi connectivity index (χ1) is 9.56. The molecule has 108 valence electrons. The summed E-state index contributed by atoms with van der Waals surface area (Å²) in [5.41, 5.74) is 0.415. The van der Waals surface area contributed by atoms with Gasteiger partial charge in [0, 0.05) is 23.1 Å². The maximum absolute atomic E-state index is 13.1. The van der Waals surface area contributed by atoms with Crippen molar-refractivity contribution < 1.29 is 4.79 Å². The van der Waals surface area contributed by atoms with E-state index in [2.05, 4.69) is 12.2 Å². The molecule has 3 rings (SSSR count). The van der Waals surface area contributed by atoms with Crippen molar-refractivity contribution >= 4 is 29.0 Å². The van der Waals surface area contributed by atoms with Crippen LogP contribution in [0.1, 0.15) is 49.4 Å². The molecule has 2 saturated heterocycles. The van der Waals surface area contributed by atoms with Crippen LogP contribution in [0.15, 0.2) is 18.2 Å². The Bertz CT molecular complexity index is 545. The van der Waals surface area contributed by atoms with Crippen LogP contribution in [0, 0.1) is 5.41 Å². The number of hydrogen-bond acceptors (Lipinski definition) is 2. The largest absolute Gasteiger partial charge is 0.310 e. The Labute approximate surface area is 129 Å². The van der Waals surface area contributed by atoms with Crippen LogP contribution in [0.2, 0.25) is 10.0 Å². The van der Waals surface area contributed by atoms with Crippen molar-refractivity contribution in [3.63, 3.8) is 0 Å². The molecule has 2 heterocycles. The number of Topliss-reactive ketones (excluding diaryl/α,β-unsaturated/α-hetero) is 1. The highest BCUT2D eigenvalue weighted by molar-refractivity contribution is 6.42. The average Bonchev–Trinajstić information content (AvgIpc) is 2.86. The minimum atomic E-state index is -0.274. The van der Waals surface area contributed by atoms with Gasteiger partial charge in [0.1, 0.15) is 0 Å². The van der Waals surface area contributed by atoms with Crippen molar-refractivity contribution in [2.24, 2.45) is 5.41 Å². The van der Waals surface area contributed by atoms with Crippen molar-refractivity contribution in [1.82, 2.24) is 5.32 Å². The zero-order valence-electron chi connectivity index (χ0n) is 11.6. The summed E-state index contributed by atoms with van der Waals surface area (Å²) in [5, 5.41) is 4.58. The van der Waals surface area contributed by atoms with Crippen LogP contribution in [0.25, 0.3) is 0 Å². The molecule has 1 N–H and O–H groups in total. The van der Waals surface area contributed by atoms with E-state index in [0.29, 0.717) is 27.7 Å². The summed E-state index contributed by atoms with van der Waals surface area (Å²) in [6, 6.07) is 6.16. The number of hydrogen-bond donors (Lipinski definition) is 1. The van der Waals surface area contributed by atoms with Crippen LogP contribution in [-0.2, 0) is 0 Å². The van der Waals surface area contributed by atoms with Gasteiger partial charge in [0.25, 0.3) is 0 Å². The number of nitrogens with one attached hydrogen (secondary N) is 1. The maximum atomic E-state index is 13.1. The van der Waals surface area contributed by atoms with Crippen molar-refractivity contribution in [3.05, 3.63) is 33.8 Å². The lowest BCUT2D eigenvalue weighted by atomic mass is 9.68. The lowest BCUT2D eigenvalue weighted by Gasteiger charge is -2.41. The van der Waals surface area contributed by atoms with E-state index in [9.17, 15) is 4.79 Å². The molecule has 1 aromatic rings. The number of piperidine rings is 1. The number of carbonyl (C=O) groups excluding carboxylic acids is 1. The number of carbonyl (C=O) groups is 1. The number of benzene rings is 1. The molecule has 2 fully saturated rings. The second-order valence-corrected chi connectivity index (χ2v) is 6.81. The molecule has 0 aromatic heterocycles. The Morgan fingerprint density at radius 2 is 2.10 bits per heavy atom. The zero-order chi connectivity index (χ0) is 14.3. The van der Waals surface area contributed by atoms with Crippen molar-refractivity contribution in [2.75, 3.05) is 0 Å². The molecule has 2 nitrogen and oxygen atoms in total. The first-order valence-electron chi connectivity index (χ1n) is 7.33. The Morgan fingerprint density at radius 3 is 2.80 bits per heavy atom. The SMILES string of the molecule is CC[C@@]1(C(=O)c2ccc(Cl)c(Cl)c2)CC[C@@H]2CCC1N2. The molecular weight excluding hydrogens is 293 g/mol. The second kappa shape index (κ2) is 5.32. The number of halogens is 2. The lowest BCUT2D eigenvalue weighted by Crippen LogP contribution is -2.52. The quantitative estimate of drug-likeness (QED) is 0.833. The third-order valence-corrected chi connectivity index (χ3v) is 5.85. The van der Waals surface area contributed by atoms with Crippen LogP contribution in [0.4, 0.5) is 0 Å². The summed E-state index contributed by atoms with van der Waals surface area (Å²) in [6.07, 6.45) is 5.24. The predicted octanol–water partition coefficient (Wildman–Crippen LogP) is 4.49. The summed E-state index contributed by atoms with van der Waals surface area (Å²) in [6.45, 7) is 2.12. The highest BCUT2D eigenvalue weighted by Crippen LogP contribution is 2.45. The molecule has 0 aliphatic carbocycles. The Hall–Kier alpha value is -0.570. The van der Waals surface area contributed by atoms with Crippen LogP contribution in [-0.4, -0.2) is 17.9 Å². The molecule has 0 amide bonds. The fourth-order valence-corrected chi connectivity index (χ4v) is 4.17. The summed E-state index contributed by atoms with van der Waals surface area (Å²) < 4.78 is 0. The molecule has 1 unspecified atom stereocenters. The van der Waals surface area contributed by atoms with Crippen LogP contribution in [0.3, 0.4) is 0 Å². The first kappa shape index (κ1) is 14.4. The highest BCUT2D eigenvalue weighted by atomic mass is 35.5. The van der Waals surface area contributed by atoms with Crippen molar-refractivity contribution in [1.29, 1.82) is 0 Å². The topological polar surface area (TPSA) is 29.1 Å². The summed E-state index contributed by atoms with van der Waals surface area (Å²) in [7, 11) is 0. The molecule has 3 atom stereocenters. The third-order valence-electron chi connectivity index (χ3n) is 5.11. The second-order valence-electron chi connectivity index (χ2n) is 6.00. The molecule has 4 heteroatoms. The summed E-state index contributed by atoms with van der Waals surface area (Å²) in [4.78, 5) is 13.1. The van der Waals surface area contributed by atoms with E-state index in [1.165, 1.54) is 6.42 Å². The molecule has 0 radical (unpaired) electrons. The van der Waals surface area contributed by atoms with Gasteiger partial charge in [-0.15, -0.1) is 0 Å². The van der Waals surface area contributed by atoms with Crippen LogP contribution >= 0.6 is 23.2 Å². The minimum absolute atomic E-state index is 0.219. The smallest absolute Gasteiger partial charge is 0.170 e. The van der Waals surface area contributed by atoms with Gasteiger partial charge in [-0.25, -0.2) is 0 Å². The molecule has 2 bridgehead atoms. The van der Waals surface area contributed by atoms with Crippen molar-refractivity contribution in [3.8, 4) is 0 Å². The van der Waals surface area contributed by atoms with Gasteiger partial charge in [-0.3, -0.25) is 4.79 Å². The zero-order valence-corrected chi connectivity index (χ0v) is 13.1. The molecule has 2 aliphatic rings. The van der Waals surface area contributed by atoms with E-state index in [-0.39, 0.29) is 11.2 Å². The van der Waals surface area contributed by atoms with Gasteiger partial charge in [0.05, 0.1) is 10.0 Å². The van der Waals surface area contributed by atoms with E-state index in [1.54, 1.807) is 18.2 Å². The van der Waals surface area contributed by atoms with Crippen molar-refractivity contribution in [2.45, 2.75) is 51.1 Å². The number of fused-ring (bicyclic) bond motifs is 2. The summed E-state index contributed by atoms with van der Waals surface area (Å²) >= 11 is 12.0. The predicted molar refractivity (Wildman–Crippen MR) is 82.7 cm³/mol.